The van der Waals surface area contributed by atoms with Crippen molar-refractivity contribution >= 4 is 41.0 Å². The lowest BCUT2D eigenvalue weighted by atomic mass is 9.85. The predicted octanol–water partition coefficient (Wildman–Crippen LogP) is 2.86. The summed E-state index contributed by atoms with van der Waals surface area (Å²) in [5.74, 6) is -2.90. The number of anilines is 1. The highest BCUT2D eigenvalue weighted by Gasteiger charge is 2.50. The molecular formula is C21H23ClN2O5. The lowest BCUT2D eigenvalue weighted by Crippen LogP contribution is -2.46. The number of fused-ring (bicyclic) bond motifs is 1. The van der Waals surface area contributed by atoms with Crippen LogP contribution in [0.4, 0.5) is 5.69 Å². The van der Waals surface area contributed by atoms with Crippen LogP contribution in [0, 0.1) is 18.8 Å². The number of rotatable bonds is 5. The molecule has 0 bridgehead atoms. The number of amides is 3. The van der Waals surface area contributed by atoms with Gasteiger partial charge in [-0.1, -0.05) is 29.8 Å². The molecule has 0 radical (unpaired) electrons. The molecule has 1 aliphatic carbocycles. The fourth-order valence-corrected chi connectivity index (χ4v) is 3.79. The zero-order valence-electron chi connectivity index (χ0n) is 16.5. The van der Waals surface area contributed by atoms with Gasteiger partial charge in [-0.15, -0.1) is 0 Å². The number of carbonyl (C=O) groups is 4. The number of imide groups is 1. The van der Waals surface area contributed by atoms with Crippen LogP contribution in [0.3, 0.4) is 0 Å². The molecule has 1 aliphatic heterocycles. The smallest absolute Gasteiger partial charge is 0.329 e. The molecule has 1 saturated heterocycles. The third kappa shape index (κ3) is 4.05. The molecule has 4 atom stereocenters. The van der Waals surface area contributed by atoms with Gasteiger partial charge in [0.15, 0.2) is 6.10 Å². The van der Waals surface area contributed by atoms with Crippen LogP contribution in [-0.2, 0) is 23.9 Å². The van der Waals surface area contributed by atoms with E-state index in [1.54, 1.807) is 25.1 Å². The Bertz CT molecular complexity index is 871. The first-order valence-corrected chi connectivity index (χ1v) is 9.88. The molecule has 7 nitrogen and oxygen atoms in total. The number of hydrogen-bond acceptors (Lipinski definition) is 5. The van der Waals surface area contributed by atoms with E-state index in [-0.39, 0.29) is 11.8 Å². The van der Waals surface area contributed by atoms with Crippen molar-refractivity contribution < 1.29 is 23.9 Å². The van der Waals surface area contributed by atoms with Crippen molar-refractivity contribution in [2.24, 2.45) is 11.8 Å². The first-order chi connectivity index (χ1) is 13.7. The van der Waals surface area contributed by atoms with Crippen LogP contribution < -0.4 is 5.32 Å². The average molecular weight is 419 g/mol. The van der Waals surface area contributed by atoms with E-state index in [0.717, 1.165) is 4.90 Å². The number of esters is 1. The van der Waals surface area contributed by atoms with Gasteiger partial charge in [-0.25, -0.2) is 4.79 Å². The van der Waals surface area contributed by atoms with E-state index < -0.39 is 35.9 Å². The van der Waals surface area contributed by atoms with Gasteiger partial charge in [-0.3, -0.25) is 19.3 Å². The van der Waals surface area contributed by atoms with Crippen molar-refractivity contribution in [1.29, 1.82) is 0 Å². The summed E-state index contributed by atoms with van der Waals surface area (Å²) in [6.07, 6.45) is 3.63. The van der Waals surface area contributed by atoms with Crippen LogP contribution in [-0.4, -0.2) is 40.7 Å². The Morgan fingerprint density at radius 3 is 2.31 bits per heavy atom. The van der Waals surface area contributed by atoms with Gasteiger partial charge in [0.25, 0.3) is 5.91 Å². The van der Waals surface area contributed by atoms with Gasteiger partial charge in [0.2, 0.25) is 11.8 Å². The SMILES string of the molecule is Cc1c(Cl)cccc1NC(=O)[C@H](C)OC(=O)[C@H](C)N1C(=O)[C@H]2CC=CC[C@H]2C1=O. The Morgan fingerprint density at radius 2 is 1.72 bits per heavy atom. The number of allylic oxidation sites excluding steroid dienone is 2. The van der Waals surface area contributed by atoms with Crippen molar-refractivity contribution in [2.45, 2.75) is 45.8 Å². The maximum Gasteiger partial charge on any atom is 0.329 e. The monoisotopic (exact) mass is 418 g/mol. The largest absolute Gasteiger partial charge is 0.451 e. The zero-order chi connectivity index (χ0) is 21.3. The Labute approximate surface area is 174 Å². The van der Waals surface area contributed by atoms with Crippen molar-refractivity contribution in [3.8, 4) is 0 Å². The number of ether oxygens (including phenoxy) is 1. The number of nitrogens with zero attached hydrogens (tertiary/aromatic N) is 1. The quantitative estimate of drug-likeness (QED) is 0.451. The summed E-state index contributed by atoms with van der Waals surface area (Å²) in [7, 11) is 0. The predicted molar refractivity (Wildman–Crippen MR) is 107 cm³/mol. The number of benzene rings is 1. The number of carbonyl (C=O) groups excluding carboxylic acids is 4. The standard InChI is InChI=1S/C21H23ClN2O5/c1-11-16(22)9-6-10-17(11)23-18(25)13(3)29-21(28)12(2)24-19(26)14-7-4-5-8-15(14)20(24)27/h4-6,9-10,12-15H,7-8H2,1-3H3,(H,23,25)/t12-,13-,14-,15+/m0/s1. The summed E-state index contributed by atoms with van der Waals surface area (Å²) in [5.41, 5.74) is 1.21. The van der Waals surface area contributed by atoms with Crippen LogP contribution in [0.5, 0.6) is 0 Å². The maximum absolute atomic E-state index is 12.6. The highest BCUT2D eigenvalue weighted by Crippen LogP contribution is 2.36. The molecule has 1 aromatic carbocycles. The molecule has 0 spiro atoms. The normalized spacial score (nSPS) is 22.8. The molecule has 8 heteroatoms. The molecule has 2 aliphatic rings. The van der Waals surface area contributed by atoms with Gasteiger partial charge in [-0.2, -0.15) is 0 Å². The summed E-state index contributed by atoms with van der Waals surface area (Å²) in [4.78, 5) is 51.1. The lowest BCUT2D eigenvalue weighted by Gasteiger charge is -2.23. The van der Waals surface area contributed by atoms with Gasteiger partial charge in [0.05, 0.1) is 11.8 Å². The van der Waals surface area contributed by atoms with Gasteiger partial charge in [0.1, 0.15) is 6.04 Å². The lowest BCUT2D eigenvalue weighted by molar-refractivity contribution is -0.163. The van der Waals surface area contributed by atoms with Crippen LogP contribution in [0.25, 0.3) is 0 Å². The molecule has 154 valence electrons. The topological polar surface area (TPSA) is 92.8 Å². The van der Waals surface area contributed by atoms with Gasteiger partial charge < -0.3 is 10.1 Å². The van der Waals surface area contributed by atoms with Crippen molar-refractivity contribution in [2.75, 3.05) is 5.32 Å². The molecule has 3 amide bonds. The van der Waals surface area contributed by atoms with E-state index in [1.165, 1.54) is 13.8 Å². The van der Waals surface area contributed by atoms with E-state index in [4.69, 9.17) is 16.3 Å². The number of nitrogens with one attached hydrogen (secondary N) is 1. The Morgan fingerprint density at radius 1 is 1.14 bits per heavy atom. The second kappa shape index (κ2) is 8.37. The molecule has 1 N–H and O–H groups in total. The molecule has 0 saturated carbocycles. The molecule has 1 heterocycles. The Hall–Kier alpha value is -2.67. The maximum atomic E-state index is 12.6. The fourth-order valence-electron chi connectivity index (χ4n) is 3.62. The van der Waals surface area contributed by atoms with Gasteiger partial charge >= 0.3 is 5.97 Å². The van der Waals surface area contributed by atoms with Gasteiger partial charge in [0, 0.05) is 10.7 Å². The summed E-state index contributed by atoms with van der Waals surface area (Å²) >= 11 is 6.04. The summed E-state index contributed by atoms with van der Waals surface area (Å²) in [6, 6.07) is 3.99. The molecule has 3 rings (SSSR count). The number of hydrogen-bond donors (Lipinski definition) is 1. The molecule has 29 heavy (non-hydrogen) atoms. The second-order valence-corrected chi connectivity index (χ2v) is 7.77. The summed E-state index contributed by atoms with van der Waals surface area (Å²) < 4.78 is 5.23. The molecular weight excluding hydrogens is 396 g/mol. The zero-order valence-corrected chi connectivity index (χ0v) is 17.2. The fraction of sp³-hybridized carbons (Fsp3) is 0.429. The van der Waals surface area contributed by atoms with Crippen LogP contribution in [0.15, 0.2) is 30.4 Å². The molecule has 0 aromatic heterocycles. The first-order valence-electron chi connectivity index (χ1n) is 9.50. The molecule has 0 unspecified atom stereocenters. The van der Waals surface area contributed by atoms with E-state index in [1.807, 2.05) is 12.2 Å². The van der Waals surface area contributed by atoms with Crippen molar-refractivity contribution in [3.05, 3.63) is 40.9 Å². The van der Waals surface area contributed by atoms with E-state index in [0.29, 0.717) is 29.1 Å². The number of halogens is 1. The van der Waals surface area contributed by atoms with Crippen molar-refractivity contribution in [1.82, 2.24) is 4.90 Å². The summed E-state index contributed by atoms with van der Waals surface area (Å²) in [6.45, 7) is 4.63. The minimum Gasteiger partial charge on any atom is -0.451 e. The van der Waals surface area contributed by atoms with E-state index >= 15 is 0 Å². The van der Waals surface area contributed by atoms with Crippen LogP contribution in [0.1, 0.15) is 32.3 Å². The first kappa shape index (κ1) is 21.0. The highest BCUT2D eigenvalue weighted by atomic mass is 35.5. The molecule has 1 fully saturated rings. The number of likely N-dealkylation sites (tertiary alicyclic amines) is 1. The third-order valence-electron chi connectivity index (χ3n) is 5.46. The van der Waals surface area contributed by atoms with E-state index in [2.05, 4.69) is 5.32 Å². The van der Waals surface area contributed by atoms with Crippen molar-refractivity contribution in [3.63, 3.8) is 0 Å². The van der Waals surface area contributed by atoms with Crippen LogP contribution in [0.2, 0.25) is 5.02 Å². The highest BCUT2D eigenvalue weighted by molar-refractivity contribution is 6.31. The average Bonchev–Trinajstić information content (AvgIpc) is 2.95. The third-order valence-corrected chi connectivity index (χ3v) is 5.87. The minimum atomic E-state index is -1.11. The van der Waals surface area contributed by atoms with Gasteiger partial charge in [-0.05, 0) is 51.3 Å². The second-order valence-electron chi connectivity index (χ2n) is 7.36. The van der Waals surface area contributed by atoms with Crippen LogP contribution >= 0.6 is 11.6 Å². The Kier molecular flexibility index (Phi) is 6.07. The summed E-state index contributed by atoms with van der Waals surface area (Å²) in [5, 5.41) is 3.17. The minimum absolute atomic E-state index is 0.361. The molecule has 1 aromatic rings. The Balaban J connectivity index is 1.63. The van der Waals surface area contributed by atoms with E-state index in [9.17, 15) is 19.2 Å².